The van der Waals surface area contributed by atoms with Gasteiger partial charge in [-0.3, -0.25) is 4.79 Å². The summed E-state index contributed by atoms with van der Waals surface area (Å²) in [5, 5.41) is 3.68. The third-order valence-corrected chi connectivity index (χ3v) is 3.03. The summed E-state index contributed by atoms with van der Waals surface area (Å²) in [6, 6.07) is 1.90. The molecule has 0 radical (unpaired) electrons. The number of hydrogen-bond donors (Lipinski definition) is 1. The van der Waals surface area contributed by atoms with E-state index >= 15 is 0 Å². The Morgan fingerprint density at radius 1 is 1.50 bits per heavy atom. The molecule has 5 nitrogen and oxygen atoms in total. The lowest BCUT2D eigenvalue weighted by molar-refractivity contribution is -0.119. The molecule has 1 rings (SSSR count). The first-order chi connectivity index (χ1) is 8.51. The van der Waals surface area contributed by atoms with Gasteiger partial charge in [0.25, 0.3) is 0 Å². The average molecular weight is 269 g/mol. The summed E-state index contributed by atoms with van der Waals surface area (Å²) in [6.07, 6.45) is 0. The van der Waals surface area contributed by atoms with Gasteiger partial charge in [0.1, 0.15) is 10.9 Å². The molecule has 1 aromatic heterocycles. The fourth-order valence-corrected chi connectivity index (χ4v) is 2.32. The fourth-order valence-electron chi connectivity index (χ4n) is 1.50. The Balaban J connectivity index is 2.42. The number of rotatable bonds is 6. The normalized spacial score (nSPS) is 12.2. The molecule has 1 N–H and O–H groups in total. The Labute approximate surface area is 112 Å². The predicted molar refractivity (Wildman–Crippen MR) is 71.7 cm³/mol. The molecule has 1 unspecified atom stereocenters. The van der Waals surface area contributed by atoms with Crippen LogP contribution in [0.5, 0.6) is 0 Å². The number of carbonyl (C=O) groups is 1. The maximum Gasteiger partial charge on any atom is 0.230 e. The quantitative estimate of drug-likeness (QED) is 0.623. The number of nitrogens with one attached hydrogen (secondary N) is 1. The zero-order valence-electron chi connectivity index (χ0n) is 11.2. The van der Waals surface area contributed by atoms with Crippen LogP contribution in [0.1, 0.15) is 18.4 Å². The molecule has 0 saturated heterocycles. The minimum Gasteiger partial charge on any atom is -0.383 e. The number of nitrogens with zero attached hydrogens (tertiary/aromatic N) is 2. The highest BCUT2D eigenvalue weighted by Crippen LogP contribution is 2.15. The highest BCUT2D eigenvalue weighted by atomic mass is 32.2. The van der Waals surface area contributed by atoms with E-state index in [1.165, 1.54) is 11.8 Å². The van der Waals surface area contributed by atoms with E-state index < -0.39 is 0 Å². The summed E-state index contributed by atoms with van der Waals surface area (Å²) in [4.78, 5) is 20.1. The smallest absolute Gasteiger partial charge is 0.230 e. The van der Waals surface area contributed by atoms with Crippen LogP contribution < -0.4 is 5.32 Å². The average Bonchev–Trinajstić information content (AvgIpc) is 2.25. The second-order valence-corrected chi connectivity index (χ2v) is 5.10. The standard InChI is InChI=1S/C12H19N3O2S/c1-8-5-12(15-10(3)13-8)18-7-11(16)14-9(2)6-17-4/h5,9H,6-7H2,1-4H3,(H,14,16). The molecule has 0 bridgehead atoms. The maximum absolute atomic E-state index is 11.6. The van der Waals surface area contributed by atoms with Gasteiger partial charge in [-0.1, -0.05) is 11.8 Å². The van der Waals surface area contributed by atoms with Gasteiger partial charge in [-0.2, -0.15) is 0 Å². The first kappa shape index (κ1) is 14.9. The maximum atomic E-state index is 11.6. The number of aromatic nitrogens is 2. The van der Waals surface area contributed by atoms with Crippen molar-refractivity contribution in [1.82, 2.24) is 15.3 Å². The Morgan fingerprint density at radius 3 is 2.83 bits per heavy atom. The van der Waals surface area contributed by atoms with Gasteiger partial charge in [0.05, 0.1) is 12.4 Å². The van der Waals surface area contributed by atoms with Crippen molar-refractivity contribution < 1.29 is 9.53 Å². The van der Waals surface area contributed by atoms with Gasteiger partial charge >= 0.3 is 0 Å². The lowest BCUT2D eigenvalue weighted by Crippen LogP contribution is -2.36. The Morgan fingerprint density at radius 2 is 2.22 bits per heavy atom. The Bertz CT molecular complexity index is 392. The van der Waals surface area contributed by atoms with Crippen molar-refractivity contribution >= 4 is 17.7 Å². The van der Waals surface area contributed by atoms with Crippen LogP contribution >= 0.6 is 11.8 Å². The van der Waals surface area contributed by atoms with Crippen LogP contribution in [0.3, 0.4) is 0 Å². The lowest BCUT2D eigenvalue weighted by Gasteiger charge is -2.12. The number of methoxy groups -OCH3 is 1. The summed E-state index contributed by atoms with van der Waals surface area (Å²) in [5.41, 5.74) is 0.915. The molecule has 0 saturated carbocycles. The number of carbonyl (C=O) groups excluding carboxylic acids is 1. The van der Waals surface area contributed by atoms with Crippen molar-refractivity contribution in [3.8, 4) is 0 Å². The van der Waals surface area contributed by atoms with E-state index in [1.807, 2.05) is 26.8 Å². The molecule has 0 fully saturated rings. The monoisotopic (exact) mass is 269 g/mol. The molecule has 1 heterocycles. The zero-order chi connectivity index (χ0) is 13.5. The number of thioether (sulfide) groups is 1. The van der Waals surface area contributed by atoms with Crippen molar-refractivity contribution in [2.45, 2.75) is 31.8 Å². The van der Waals surface area contributed by atoms with Gasteiger partial charge in [0.15, 0.2) is 0 Å². The molecule has 0 spiro atoms. The Hall–Kier alpha value is -1.14. The predicted octanol–water partition coefficient (Wildman–Crippen LogP) is 1.34. The van der Waals surface area contributed by atoms with Crippen molar-refractivity contribution in [2.24, 2.45) is 0 Å². The molecule has 0 aliphatic rings. The minimum atomic E-state index is -0.0153. The van der Waals surface area contributed by atoms with Crippen LogP contribution in [-0.4, -0.2) is 41.4 Å². The summed E-state index contributed by atoms with van der Waals surface area (Å²) >= 11 is 1.41. The van der Waals surface area contributed by atoms with Crippen LogP contribution in [0.2, 0.25) is 0 Å². The van der Waals surface area contributed by atoms with Crippen LogP contribution in [0.15, 0.2) is 11.1 Å². The molecule has 6 heteroatoms. The molecule has 1 amide bonds. The molecule has 0 aliphatic heterocycles. The van der Waals surface area contributed by atoms with E-state index in [1.54, 1.807) is 7.11 Å². The van der Waals surface area contributed by atoms with Gasteiger partial charge in [-0.05, 0) is 26.8 Å². The molecular formula is C12H19N3O2S. The first-order valence-corrected chi connectivity index (χ1v) is 6.73. The highest BCUT2D eigenvalue weighted by Gasteiger charge is 2.08. The molecule has 100 valence electrons. The van der Waals surface area contributed by atoms with Crippen LogP contribution in [0.4, 0.5) is 0 Å². The van der Waals surface area contributed by atoms with E-state index in [9.17, 15) is 4.79 Å². The largest absolute Gasteiger partial charge is 0.383 e. The van der Waals surface area contributed by atoms with Crippen molar-refractivity contribution in [3.05, 3.63) is 17.6 Å². The van der Waals surface area contributed by atoms with Crippen LogP contribution in [0.25, 0.3) is 0 Å². The molecule has 0 aromatic carbocycles. The van der Waals surface area contributed by atoms with E-state index in [0.29, 0.717) is 12.4 Å². The van der Waals surface area contributed by atoms with Gasteiger partial charge in [-0.25, -0.2) is 9.97 Å². The van der Waals surface area contributed by atoms with E-state index in [-0.39, 0.29) is 11.9 Å². The van der Waals surface area contributed by atoms with Gasteiger partial charge in [-0.15, -0.1) is 0 Å². The molecular weight excluding hydrogens is 250 g/mol. The summed E-state index contributed by atoms with van der Waals surface area (Å²) < 4.78 is 4.96. The van der Waals surface area contributed by atoms with Gasteiger partial charge < -0.3 is 10.1 Å². The molecule has 0 aliphatic carbocycles. The number of ether oxygens (including phenoxy) is 1. The lowest BCUT2D eigenvalue weighted by atomic mass is 10.3. The van der Waals surface area contributed by atoms with Gasteiger partial charge in [0, 0.05) is 18.8 Å². The molecule has 1 atom stereocenters. The topological polar surface area (TPSA) is 64.1 Å². The Kier molecular flexibility index (Phi) is 6.07. The summed E-state index contributed by atoms with van der Waals surface area (Å²) in [6.45, 7) is 6.18. The van der Waals surface area contributed by atoms with E-state index in [4.69, 9.17) is 4.74 Å². The third kappa shape index (κ3) is 5.46. The number of amides is 1. The number of hydrogen-bond acceptors (Lipinski definition) is 5. The van der Waals surface area contributed by atoms with Crippen molar-refractivity contribution in [1.29, 1.82) is 0 Å². The van der Waals surface area contributed by atoms with E-state index in [0.717, 1.165) is 16.5 Å². The van der Waals surface area contributed by atoms with E-state index in [2.05, 4.69) is 15.3 Å². The third-order valence-electron chi connectivity index (χ3n) is 2.12. The van der Waals surface area contributed by atoms with Crippen LogP contribution in [-0.2, 0) is 9.53 Å². The fraction of sp³-hybridized carbons (Fsp3) is 0.583. The van der Waals surface area contributed by atoms with Crippen molar-refractivity contribution in [2.75, 3.05) is 19.5 Å². The second-order valence-electron chi connectivity index (χ2n) is 4.11. The SMILES string of the molecule is COCC(C)NC(=O)CSc1cc(C)nc(C)n1. The summed E-state index contributed by atoms with van der Waals surface area (Å²) in [7, 11) is 1.61. The second kappa shape index (κ2) is 7.33. The zero-order valence-corrected chi connectivity index (χ0v) is 12.0. The first-order valence-electron chi connectivity index (χ1n) is 5.74. The molecule has 1 aromatic rings. The van der Waals surface area contributed by atoms with Gasteiger partial charge in [0.2, 0.25) is 5.91 Å². The van der Waals surface area contributed by atoms with Crippen LogP contribution in [0, 0.1) is 13.8 Å². The number of aryl methyl sites for hydroxylation is 2. The van der Waals surface area contributed by atoms with Crippen molar-refractivity contribution in [3.63, 3.8) is 0 Å². The summed E-state index contributed by atoms with van der Waals surface area (Å²) in [5.74, 6) is 1.06. The molecule has 18 heavy (non-hydrogen) atoms. The minimum absolute atomic E-state index is 0.0153. The highest BCUT2D eigenvalue weighted by molar-refractivity contribution is 7.99.